The van der Waals surface area contributed by atoms with Gasteiger partial charge in [0.25, 0.3) is 0 Å². The maximum absolute atomic E-state index is 11.4. The van der Waals surface area contributed by atoms with Gasteiger partial charge in [-0.1, -0.05) is 18.2 Å². The molecule has 0 fully saturated rings. The molecule has 5 nitrogen and oxygen atoms in total. The van der Waals surface area contributed by atoms with Crippen LogP contribution in [0.15, 0.2) is 24.3 Å². The van der Waals surface area contributed by atoms with E-state index in [4.69, 9.17) is 9.57 Å². The van der Waals surface area contributed by atoms with Crippen molar-refractivity contribution in [1.82, 2.24) is 0 Å². The van der Waals surface area contributed by atoms with Crippen molar-refractivity contribution in [3.8, 4) is 0 Å². The van der Waals surface area contributed by atoms with E-state index >= 15 is 0 Å². The van der Waals surface area contributed by atoms with E-state index in [1.165, 1.54) is 14.2 Å². The molecule has 1 aromatic rings. The van der Waals surface area contributed by atoms with Gasteiger partial charge in [0.05, 0.1) is 26.5 Å². The molecule has 0 unspecified atom stereocenters. The Labute approximate surface area is 94.5 Å². The van der Waals surface area contributed by atoms with Gasteiger partial charge in [0.15, 0.2) is 0 Å². The summed E-state index contributed by atoms with van der Waals surface area (Å²) in [5, 5.41) is 1.08. The molecule has 16 heavy (non-hydrogen) atoms. The first-order chi connectivity index (χ1) is 7.74. The Morgan fingerprint density at radius 2 is 1.94 bits per heavy atom. The number of carbonyl (C=O) groups is 1. The van der Waals surface area contributed by atoms with Crippen LogP contribution in [0, 0.1) is 0 Å². The van der Waals surface area contributed by atoms with Crippen LogP contribution >= 0.6 is 0 Å². The summed E-state index contributed by atoms with van der Waals surface area (Å²) >= 11 is 0. The zero-order chi connectivity index (χ0) is 12.0. The van der Waals surface area contributed by atoms with Crippen LogP contribution in [-0.2, 0) is 20.9 Å². The SMILES string of the molecule is COCc1ccccc1N(OC)C(=O)OC. The zero-order valence-corrected chi connectivity index (χ0v) is 9.60. The fourth-order valence-electron chi connectivity index (χ4n) is 1.34. The quantitative estimate of drug-likeness (QED) is 0.735. The van der Waals surface area contributed by atoms with Crippen molar-refractivity contribution in [3.05, 3.63) is 29.8 Å². The van der Waals surface area contributed by atoms with Gasteiger partial charge < -0.3 is 9.47 Å². The number of rotatable bonds is 4. The maximum Gasteiger partial charge on any atom is 0.438 e. The molecule has 88 valence electrons. The highest BCUT2D eigenvalue weighted by molar-refractivity contribution is 5.86. The lowest BCUT2D eigenvalue weighted by Gasteiger charge is -2.20. The molecule has 0 aliphatic heterocycles. The van der Waals surface area contributed by atoms with E-state index in [9.17, 15) is 4.79 Å². The minimum atomic E-state index is -0.578. The van der Waals surface area contributed by atoms with Gasteiger partial charge in [-0.2, -0.15) is 5.06 Å². The Kier molecular flexibility index (Phi) is 4.75. The molecule has 0 heterocycles. The topological polar surface area (TPSA) is 48.0 Å². The molecule has 0 bridgehead atoms. The van der Waals surface area contributed by atoms with Crippen molar-refractivity contribution in [2.75, 3.05) is 26.4 Å². The summed E-state index contributed by atoms with van der Waals surface area (Å²) in [6.07, 6.45) is -0.578. The van der Waals surface area contributed by atoms with Crippen molar-refractivity contribution in [2.24, 2.45) is 0 Å². The van der Waals surface area contributed by atoms with E-state index in [-0.39, 0.29) is 0 Å². The Balaban J connectivity index is 3.03. The molecular weight excluding hydrogens is 210 g/mol. The van der Waals surface area contributed by atoms with Crippen LogP contribution in [0.1, 0.15) is 5.56 Å². The number of ether oxygens (including phenoxy) is 2. The Morgan fingerprint density at radius 1 is 1.25 bits per heavy atom. The van der Waals surface area contributed by atoms with Crippen molar-refractivity contribution in [3.63, 3.8) is 0 Å². The fraction of sp³-hybridized carbons (Fsp3) is 0.364. The van der Waals surface area contributed by atoms with Gasteiger partial charge in [-0.25, -0.2) is 4.79 Å². The lowest BCUT2D eigenvalue weighted by molar-refractivity contribution is 0.114. The highest BCUT2D eigenvalue weighted by Gasteiger charge is 2.18. The first kappa shape index (κ1) is 12.5. The second-order valence-corrected chi connectivity index (χ2v) is 3.01. The van der Waals surface area contributed by atoms with E-state index in [0.29, 0.717) is 12.3 Å². The van der Waals surface area contributed by atoms with Crippen LogP contribution in [-0.4, -0.2) is 27.4 Å². The highest BCUT2D eigenvalue weighted by Crippen LogP contribution is 2.21. The monoisotopic (exact) mass is 225 g/mol. The first-order valence-electron chi connectivity index (χ1n) is 4.73. The molecule has 0 atom stereocenters. The normalized spacial score (nSPS) is 9.94. The summed E-state index contributed by atoms with van der Waals surface area (Å²) < 4.78 is 9.65. The van der Waals surface area contributed by atoms with Gasteiger partial charge in [-0.05, 0) is 6.07 Å². The standard InChI is InChI=1S/C11H15NO4/c1-14-8-9-6-4-5-7-10(9)12(16-3)11(13)15-2/h4-7H,8H2,1-3H3. The summed E-state index contributed by atoms with van der Waals surface area (Å²) in [5.41, 5.74) is 1.45. The summed E-state index contributed by atoms with van der Waals surface area (Å²) in [5.74, 6) is 0. The third kappa shape index (κ3) is 2.71. The summed E-state index contributed by atoms with van der Waals surface area (Å²) in [4.78, 5) is 16.4. The highest BCUT2D eigenvalue weighted by atomic mass is 16.7. The number of amides is 1. The smallest absolute Gasteiger partial charge is 0.438 e. The molecule has 0 spiro atoms. The van der Waals surface area contributed by atoms with Crippen molar-refractivity contribution in [2.45, 2.75) is 6.61 Å². The van der Waals surface area contributed by atoms with Crippen molar-refractivity contribution >= 4 is 11.8 Å². The van der Waals surface area contributed by atoms with Gasteiger partial charge in [0.1, 0.15) is 0 Å². The Morgan fingerprint density at radius 3 is 2.50 bits per heavy atom. The molecule has 5 heteroatoms. The molecule has 0 N–H and O–H groups in total. The average molecular weight is 225 g/mol. The Bertz CT molecular complexity index is 354. The molecule has 1 aromatic carbocycles. The predicted molar refractivity (Wildman–Crippen MR) is 59.0 cm³/mol. The second-order valence-electron chi connectivity index (χ2n) is 3.01. The van der Waals surface area contributed by atoms with Gasteiger partial charge >= 0.3 is 6.09 Å². The third-order valence-electron chi connectivity index (χ3n) is 2.03. The number of hydrogen-bond acceptors (Lipinski definition) is 4. The molecule has 1 rings (SSSR count). The first-order valence-corrected chi connectivity index (χ1v) is 4.73. The molecule has 1 amide bonds. The molecule has 0 aromatic heterocycles. The van der Waals surface area contributed by atoms with Crippen LogP contribution in [0.25, 0.3) is 0 Å². The summed E-state index contributed by atoms with van der Waals surface area (Å²) in [7, 11) is 4.29. The predicted octanol–water partition coefficient (Wildman–Crippen LogP) is 1.97. The number of anilines is 1. The number of nitrogens with zero attached hydrogens (tertiary/aromatic N) is 1. The minimum absolute atomic E-state index is 0.396. The molecule has 0 saturated carbocycles. The maximum atomic E-state index is 11.4. The second kappa shape index (κ2) is 6.09. The van der Waals surface area contributed by atoms with Gasteiger partial charge in [-0.15, -0.1) is 0 Å². The van der Waals surface area contributed by atoms with E-state index in [1.54, 1.807) is 13.2 Å². The summed E-state index contributed by atoms with van der Waals surface area (Å²) in [6, 6.07) is 7.29. The number of carbonyl (C=O) groups excluding carboxylic acids is 1. The molecule has 0 aliphatic carbocycles. The number of benzene rings is 1. The molecular formula is C11H15NO4. The molecule has 0 aliphatic rings. The average Bonchev–Trinajstić information content (AvgIpc) is 2.32. The fourth-order valence-corrected chi connectivity index (χ4v) is 1.34. The van der Waals surface area contributed by atoms with Crippen molar-refractivity contribution in [1.29, 1.82) is 0 Å². The minimum Gasteiger partial charge on any atom is -0.451 e. The zero-order valence-electron chi connectivity index (χ0n) is 9.60. The van der Waals surface area contributed by atoms with Gasteiger partial charge in [0.2, 0.25) is 0 Å². The van der Waals surface area contributed by atoms with E-state index in [2.05, 4.69) is 4.74 Å². The van der Waals surface area contributed by atoms with Gasteiger partial charge in [-0.3, -0.25) is 4.84 Å². The number of methoxy groups -OCH3 is 2. The molecule has 0 saturated heterocycles. The largest absolute Gasteiger partial charge is 0.451 e. The van der Waals surface area contributed by atoms with Crippen LogP contribution in [0.5, 0.6) is 0 Å². The third-order valence-corrected chi connectivity index (χ3v) is 2.03. The molecule has 0 radical (unpaired) electrons. The lowest BCUT2D eigenvalue weighted by Crippen LogP contribution is -2.30. The van der Waals surface area contributed by atoms with Crippen LogP contribution in [0.3, 0.4) is 0 Å². The Hall–Kier alpha value is -1.59. The van der Waals surface area contributed by atoms with Crippen LogP contribution in [0.2, 0.25) is 0 Å². The van der Waals surface area contributed by atoms with Crippen molar-refractivity contribution < 1.29 is 19.1 Å². The van der Waals surface area contributed by atoms with E-state index in [1.807, 2.05) is 18.2 Å². The van der Waals surface area contributed by atoms with E-state index < -0.39 is 6.09 Å². The number of para-hydroxylation sites is 1. The summed E-state index contributed by atoms with van der Waals surface area (Å²) in [6.45, 7) is 0.396. The van der Waals surface area contributed by atoms with Crippen LogP contribution < -0.4 is 5.06 Å². The lowest BCUT2D eigenvalue weighted by atomic mass is 10.2. The number of hydroxylamine groups is 1. The van der Waals surface area contributed by atoms with Gasteiger partial charge in [0, 0.05) is 12.7 Å². The van der Waals surface area contributed by atoms with E-state index in [0.717, 1.165) is 10.6 Å². The van der Waals surface area contributed by atoms with Crippen LogP contribution in [0.4, 0.5) is 10.5 Å². The number of hydrogen-bond donors (Lipinski definition) is 0.